The zero-order valence-electron chi connectivity index (χ0n) is 3.51. The van der Waals surface area contributed by atoms with Gasteiger partial charge in [0.1, 0.15) is 0 Å². The molecule has 0 aliphatic carbocycles. The molecule has 0 aromatic heterocycles. The molecule has 0 N–H and O–H groups in total. The Balaban J connectivity index is 0. The Kier molecular flexibility index (Phi) is 14.8. The molecule has 0 atom stereocenters. The van der Waals surface area contributed by atoms with E-state index < -0.39 is 21.5 Å². The number of rotatable bonds is 0. The predicted molar refractivity (Wildman–Crippen MR) is 28.7 cm³/mol. The van der Waals surface area contributed by atoms with E-state index in [1.54, 1.807) is 0 Å². The first-order valence-electron chi connectivity index (χ1n) is 1.43. The van der Waals surface area contributed by atoms with Crippen LogP contribution in [0.2, 0.25) is 0 Å². The van der Waals surface area contributed by atoms with E-state index in [1.165, 1.54) is 0 Å². The summed E-state index contributed by atoms with van der Waals surface area (Å²) in [5.41, 5.74) is 0. The van der Waals surface area contributed by atoms with Crippen LogP contribution in [-0.2, 0) is 0 Å². The van der Waals surface area contributed by atoms with Crippen LogP contribution in [0.5, 0.6) is 0 Å². The van der Waals surface area contributed by atoms with Crippen LogP contribution >= 0.6 is 21.5 Å². The van der Waals surface area contributed by atoms with Crippen LogP contribution in [0.1, 0.15) is 13.8 Å². The van der Waals surface area contributed by atoms with Crippen LogP contribution in [0, 0.1) is 0 Å². The molecule has 0 heterocycles. The van der Waals surface area contributed by atoms with Crippen LogP contribution in [0.3, 0.4) is 0 Å². The first kappa shape index (κ1) is 9.72. The van der Waals surface area contributed by atoms with Crippen molar-refractivity contribution in [2.24, 2.45) is 0 Å². The van der Waals surface area contributed by atoms with Crippen molar-refractivity contribution in [1.29, 1.82) is 0 Å². The van der Waals surface area contributed by atoms with Crippen molar-refractivity contribution in [2.75, 3.05) is 0 Å². The van der Waals surface area contributed by atoms with Crippen LogP contribution in [-0.4, -0.2) is 0 Å². The molecule has 0 saturated heterocycles. The third-order valence-corrected chi connectivity index (χ3v) is 0. The van der Waals surface area contributed by atoms with E-state index in [1.807, 2.05) is 13.8 Å². The maximum absolute atomic E-state index is 9.82. The molecule has 0 aromatic carbocycles. The van der Waals surface area contributed by atoms with Crippen molar-refractivity contribution in [1.82, 2.24) is 0 Å². The molecule has 0 bridgehead atoms. The zero-order chi connectivity index (χ0) is 5.58. The van der Waals surface area contributed by atoms with E-state index in [2.05, 4.69) is 0 Å². The standard InChI is InChI=1S/C2H6.F3I/c1-2;1-4(2)3/h1-2H3;. The zero-order valence-corrected chi connectivity index (χ0v) is 5.67. The SMILES string of the molecule is CC.FI(F)F. The van der Waals surface area contributed by atoms with E-state index in [0.29, 0.717) is 0 Å². The number of hydrogen-bond donors (Lipinski definition) is 0. The molecule has 0 unspecified atom stereocenters. The summed E-state index contributed by atoms with van der Waals surface area (Å²) in [4.78, 5) is 0. The summed E-state index contributed by atoms with van der Waals surface area (Å²) in [5, 5.41) is 0. The number of halogens is 4. The molecule has 0 spiro atoms. The molecular formula is C2H6F3I. The van der Waals surface area contributed by atoms with Gasteiger partial charge in [-0.25, -0.2) is 0 Å². The minimum absolute atomic E-state index is 2.00. The van der Waals surface area contributed by atoms with Gasteiger partial charge in [-0.2, -0.15) is 0 Å². The monoisotopic (exact) mass is 214 g/mol. The quantitative estimate of drug-likeness (QED) is 0.543. The van der Waals surface area contributed by atoms with Crippen molar-refractivity contribution in [2.45, 2.75) is 13.8 Å². The Bertz CT molecular complexity index is 13.5. The van der Waals surface area contributed by atoms with Gasteiger partial charge >= 0.3 is 30.1 Å². The third-order valence-electron chi connectivity index (χ3n) is 0. The van der Waals surface area contributed by atoms with Crippen molar-refractivity contribution in [3.05, 3.63) is 0 Å². The minimum atomic E-state index is -4.76. The summed E-state index contributed by atoms with van der Waals surface area (Å²) < 4.78 is 29.5. The van der Waals surface area contributed by atoms with Crippen molar-refractivity contribution < 1.29 is 8.58 Å². The molecule has 0 rings (SSSR count). The first-order valence-corrected chi connectivity index (χ1v) is 3.87. The molecular weight excluding hydrogens is 208 g/mol. The molecule has 0 aliphatic rings. The van der Waals surface area contributed by atoms with Gasteiger partial charge in [-0.1, -0.05) is 13.8 Å². The fraction of sp³-hybridized carbons (Fsp3) is 1.00. The molecule has 42 valence electrons. The van der Waals surface area contributed by atoms with Gasteiger partial charge in [-0.3, -0.25) is 0 Å². The average molecular weight is 214 g/mol. The van der Waals surface area contributed by atoms with E-state index in [0.717, 1.165) is 0 Å². The van der Waals surface area contributed by atoms with Crippen molar-refractivity contribution in [3.63, 3.8) is 0 Å². The Labute approximate surface area is 44.5 Å². The fourth-order valence-electron chi connectivity index (χ4n) is 0. The summed E-state index contributed by atoms with van der Waals surface area (Å²) in [6.45, 7) is 4.00. The molecule has 0 saturated carbocycles. The van der Waals surface area contributed by atoms with Gasteiger partial charge in [0, 0.05) is 0 Å². The summed E-state index contributed by atoms with van der Waals surface area (Å²) >= 11 is -4.76. The van der Waals surface area contributed by atoms with Gasteiger partial charge in [0.05, 0.1) is 0 Å². The maximum atomic E-state index is 9.82. The normalized spacial score (nSPS) is 8.50. The van der Waals surface area contributed by atoms with Gasteiger partial charge < -0.3 is 0 Å². The second-order valence-electron chi connectivity index (χ2n) is 0.162. The van der Waals surface area contributed by atoms with Gasteiger partial charge in [0.2, 0.25) is 0 Å². The fourth-order valence-corrected chi connectivity index (χ4v) is 0. The summed E-state index contributed by atoms with van der Waals surface area (Å²) in [6, 6.07) is 0. The topological polar surface area (TPSA) is 0 Å². The molecule has 0 radical (unpaired) electrons. The first-order chi connectivity index (χ1) is 2.73. The Hall–Kier alpha value is 0.520. The van der Waals surface area contributed by atoms with Crippen molar-refractivity contribution in [3.8, 4) is 0 Å². The molecule has 0 aliphatic heterocycles. The Morgan fingerprint density at radius 3 is 1.00 bits per heavy atom. The second kappa shape index (κ2) is 9.10. The Morgan fingerprint density at radius 1 is 1.00 bits per heavy atom. The van der Waals surface area contributed by atoms with Crippen LogP contribution in [0.25, 0.3) is 0 Å². The van der Waals surface area contributed by atoms with E-state index in [4.69, 9.17) is 0 Å². The summed E-state index contributed by atoms with van der Waals surface area (Å²) in [7, 11) is 0. The molecule has 0 aromatic rings. The van der Waals surface area contributed by atoms with Gasteiger partial charge in [-0.05, 0) is 0 Å². The van der Waals surface area contributed by atoms with Gasteiger partial charge in [-0.15, -0.1) is 0 Å². The van der Waals surface area contributed by atoms with E-state index >= 15 is 0 Å². The van der Waals surface area contributed by atoms with Crippen LogP contribution < -0.4 is 0 Å². The second-order valence-corrected chi connectivity index (χ2v) is 1.09. The Morgan fingerprint density at radius 2 is 1.00 bits per heavy atom. The van der Waals surface area contributed by atoms with Crippen LogP contribution in [0.15, 0.2) is 0 Å². The third kappa shape index (κ3) is 207. The predicted octanol–water partition coefficient (Wildman–Crippen LogP) is 3.17. The molecule has 0 fully saturated rings. The van der Waals surface area contributed by atoms with E-state index in [-0.39, 0.29) is 0 Å². The van der Waals surface area contributed by atoms with E-state index in [9.17, 15) is 8.58 Å². The van der Waals surface area contributed by atoms with Crippen LogP contribution in [0.4, 0.5) is 8.58 Å². The molecule has 0 nitrogen and oxygen atoms in total. The molecule has 4 heteroatoms. The summed E-state index contributed by atoms with van der Waals surface area (Å²) in [5.74, 6) is 0. The summed E-state index contributed by atoms with van der Waals surface area (Å²) in [6.07, 6.45) is 0. The van der Waals surface area contributed by atoms with Gasteiger partial charge in [0.15, 0.2) is 0 Å². The molecule has 0 amide bonds. The number of hydrogen-bond acceptors (Lipinski definition) is 0. The average Bonchev–Trinajstić information content (AvgIpc) is 1.41. The van der Waals surface area contributed by atoms with Crippen molar-refractivity contribution >= 4 is 21.5 Å². The van der Waals surface area contributed by atoms with Gasteiger partial charge in [0.25, 0.3) is 0 Å². The molecule has 6 heavy (non-hydrogen) atoms.